The number of piperazine rings is 1. The molecule has 150 valence electrons. The first-order chi connectivity index (χ1) is 14.0. The minimum Gasteiger partial charge on any atom is -0.355 e. The van der Waals surface area contributed by atoms with Crippen molar-refractivity contribution in [1.82, 2.24) is 20.0 Å². The van der Waals surface area contributed by atoms with Crippen LogP contribution in [0, 0.1) is 6.92 Å². The van der Waals surface area contributed by atoms with Crippen molar-refractivity contribution in [2.45, 2.75) is 26.7 Å². The lowest BCUT2D eigenvalue weighted by atomic mass is 10.1. The minimum atomic E-state index is -0.0997. The van der Waals surface area contributed by atoms with E-state index in [1.807, 2.05) is 48.2 Å². The molecule has 1 aliphatic rings. The highest BCUT2D eigenvalue weighted by molar-refractivity contribution is 5.93. The molecule has 4 rings (SSSR count). The molecule has 0 bridgehead atoms. The van der Waals surface area contributed by atoms with Crippen LogP contribution < -0.4 is 4.90 Å². The average molecular weight is 391 g/mol. The van der Waals surface area contributed by atoms with Crippen molar-refractivity contribution < 1.29 is 9.32 Å². The molecule has 3 heterocycles. The van der Waals surface area contributed by atoms with Crippen molar-refractivity contribution in [3.63, 3.8) is 0 Å². The van der Waals surface area contributed by atoms with E-state index in [0.29, 0.717) is 24.5 Å². The molecule has 7 nitrogen and oxygen atoms in total. The summed E-state index contributed by atoms with van der Waals surface area (Å²) in [6, 6.07) is 13.4. The van der Waals surface area contributed by atoms with Crippen LogP contribution in [-0.4, -0.2) is 52.1 Å². The van der Waals surface area contributed by atoms with Gasteiger partial charge in [-0.3, -0.25) is 4.79 Å². The van der Waals surface area contributed by atoms with E-state index in [9.17, 15) is 4.79 Å². The summed E-state index contributed by atoms with van der Waals surface area (Å²) in [5, 5.41) is 3.99. The van der Waals surface area contributed by atoms with Crippen molar-refractivity contribution >= 4 is 11.7 Å². The van der Waals surface area contributed by atoms with Gasteiger partial charge in [-0.25, -0.2) is 9.97 Å². The lowest BCUT2D eigenvalue weighted by Gasteiger charge is -2.35. The van der Waals surface area contributed by atoms with Gasteiger partial charge in [-0.1, -0.05) is 49.3 Å². The molecule has 0 aliphatic carbocycles. The summed E-state index contributed by atoms with van der Waals surface area (Å²) < 4.78 is 5.38. The van der Waals surface area contributed by atoms with Crippen LogP contribution in [0.5, 0.6) is 0 Å². The number of anilines is 1. The Balaban J connectivity index is 1.42. The third kappa shape index (κ3) is 4.13. The number of nitrogens with zero attached hydrogens (tertiary/aromatic N) is 5. The van der Waals surface area contributed by atoms with E-state index in [1.54, 1.807) is 6.07 Å². The third-order valence-corrected chi connectivity index (χ3v) is 5.05. The number of aryl methyl sites for hydroxylation is 1. The molecule has 0 spiro atoms. The Bertz CT molecular complexity index is 991. The largest absolute Gasteiger partial charge is 0.355 e. The Morgan fingerprint density at radius 2 is 1.76 bits per heavy atom. The average Bonchev–Trinajstić information content (AvgIpc) is 3.24. The molecule has 0 atom stereocenters. The molecular formula is C22H25N5O2. The van der Waals surface area contributed by atoms with Crippen molar-refractivity contribution in [3.05, 3.63) is 59.7 Å². The second kappa shape index (κ2) is 8.03. The molecule has 1 aromatic carbocycles. The molecule has 3 aromatic rings. The number of benzene rings is 1. The van der Waals surface area contributed by atoms with Gasteiger partial charge in [0, 0.05) is 55.5 Å². The maximum absolute atomic E-state index is 12.8. The van der Waals surface area contributed by atoms with Crippen molar-refractivity contribution in [1.29, 1.82) is 0 Å². The summed E-state index contributed by atoms with van der Waals surface area (Å²) in [5.74, 6) is 2.57. The Morgan fingerprint density at radius 1 is 1.03 bits per heavy atom. The van der Waals surface area contributed by atoms with Crippen LogP contribution in [0.1, 0.15) is 41.8 Å². The number of amides is 1. The van der Waals surface area contributed by atoms with E-state index < -0.39 is 0 Å². The van der Waals surface area contributed by atoms with Crippen molar-refractivity contribution in [2.75, 3.05) is 31.1 Å². The fourth-order valence-corrected chi connectivity index (χ4v) is 3.41. The quantitative estimate of drug-likeness (QED) is 0.677. The first-order valence-electron chi connectivity index (χ1n) is 9.93. The molecule has 0 unspecified atom stereocenters. The predicted octanol–water partition coefficient (Wildman–Crippen LogP) is 3.53. The summed E-state index contributed by atoms with van der Waals surface area (Å²) >= 11 is 0. The Hall–Kier alpha value is -3.22. The molecule has 0 saturated carbocycles. The Kier molecular flexibility index (Phi) is 5.29. The van der Waals surface area contributed by atoms with Gasteiger partial charge in [0.2, 0.25) is 0 Å². The summed E-state index contributed by atoms with van der Waals surface area (Å²) in [6.07, 6.45) is 0. The van der Waals surface area contributed by atoms with E-state index in [-0.39, 0.29) is 11.8 Å². The van der Waals surface area contributed by atoms with Gasteiger partial charge in [0.15, 0.2) is 11.5 Å². The van der Waals surface area contributed by atoms with Crippen LogP contribution in [0.3, 0.4) is 0 Å². The number of aromatic nitrogens is 3. The number of hydrogen-bond donors (Lipinski definition) is 0. The molecule has 1 saturated heterocycles. The highest BCUT2D eigenvalue weighted by Crippen LogP contribution is 2.22. The second-order valence-corrected chi connectivity index (χ2v) is 7.60. The summed E-state index contributed by atoms with van der Waals surface area (Å²) in [6.45, 7) is 8.87. The van der Waals surface area contributed by atoms with Gasteiger partial charge >= 0.3 is 0 Å². The van der Waals surface area contributed by atoms with E-state index >= 15 is 0 Å². The van der Waals surface area contributed by atoms with E-state index in [2.05, 4.69) is 28.9 Å². The molecule has 1 fully saturated rings. The minimum absolute atomic E-state index is 0.0997. The van der Waals surface area contributed by atoms with Gasteiger partial charge in [-0.2, -0.15) is 0 Å². The molecule has 1 amide bonds. The van der Waals surface area contributed by atoms with E-state index in [1.165, 1.54) is 0 Å². The first kappa shape index (κ1) is 19.1. The van der Waals surface area contributed by atoms with E-state index in [4.69, 9.17) is 9.51 Å². The smallest absolute Gasteiger partial charge is 0.276 e. The predicted molar refractivity (Wildman–Crippen MR) is 111 cm³/mol. The second-order valence-electron chi connectivity index (χ2n) is 7.60. The fraction of sp³-hybridized carbons (Fsp3) is 0.364. The van der Waals surface area contributed by atoms with E-state index in [0.717, 1.165) is 36.0 Å². The van der Waals surface area contributed by atoms with Gasteiger partial charge < -0.3 is 14.3 Å². The normalized spacial score (nSPS) is 14.5. The van der Waals surface area contributed by atoms with Gasteiger partial charge in [0.05, 0.1) is 0 Å². The van der Waals surface area contributed by atoms with Crippen LogP contribution >= 0.6 is 0 Å². The number of hydrogen-bond acceptors (Lipinski definition) is 6. The zero-order valence-electron chi connectivity index (χ0n) is 17.0. The SMILES string of the molecule is Cc1cc(N2CCN(C(=O)c3cc(-c4ccccc4)on3)CC2)nc(C(C)C)n1. The summed E-state index contributed by atoms with van der Waals surface area (Å²) in [7, 11) is 0. The van der Waals surface area contributed by atoms with Crippen LogP contribution in [-0.2, 0) is 0 Å². The Labute approximate surface area is 170 Å². The van der Waals surface area contributed by atoms with Crippen molar-refractivity contribution in [3.8, 4) is 11.3 Å². The third-order valence-electron chi connectivity index (χ3n) is 5.05. The molecule has 29 heavy (non-hydrogen) atoms. The molecule has 0 radical (unpaired) electrons. The zero-order valence-corrected chi connectivity index (χ0v) is 17.0. The Morgan fingerprint density at radius 3 is 2.45 bits per heavy atom. The van der Waals surface area contributed by atoms with Gasteiger partial charge in [0.25, 0.3) is 5.91 Å². The number of carbonyl (C=O) groups excluding carboxylic acids is 1. The van der Waals surface area contributed by atoms with Crippen molar-refractivity contribution in [2.24, 2.45) is 0 Å². The highest BCUT2D eigenvalue weighted by atomic mass is 16.5. The van der Waals surface area contributed by atoms with Crippen LogP contribution in [0.25, 0.3) is 11.3 Å². The molecular weight excluding hydrogens is 366 g/mol. The van der Waals surface area contributed by atoms with Gasteiger partial charge in [0.1, 0.15) is 11.6 Å². The van der Waals surface area contributed by atoms with Crippen LogP contribution in [0.4, 0.5) is 5.82 Å². The summed E-state index contributed by atoms with van der Waals surface area (Å²) in [4.78, 5) is 26.1. The van der Waals surface area contributed by atoms with Gasteiger partial charge in [-0.05, 0) is 6.92 Å². The number of carbonyl (C=O) groups is 1. The number of rotatable bonds is 4. The van der Waals surface area contributed by atoms with Crippen LogP contribution in [0.2, 0.25) is 0 Å². The molecule has 7 heteroatoms. The van der Waals surface area contributed by atoms with Gasteiger partial charge in [-0.15, -0.1) is 0 Å². The molecule has 2 aromatic heterocycles. The standard InChI is InChI=1S/C22H25N5O2/c1-15(2)21-23-16(3)13-20(24-21)26-9-11-27(12-10-26)22(28)18-14-19(29-25-18)17-7-5-4-6-8-17/h4-8,13-15H,9-12H2,1-3H3. The lowest BCUT2D eigenvalue weighted by Crippen LogP contribution is -2.49. The summed E-state index contributed by atoms with van der Waals surface area (Å²) in [5.41, 5.74) is 2.22. The maximum Gasteiger partial charge on any atom is 0.276 e. The lowest BCUT2D eigenvalue weighted by molar-refractivity contribution is 0.0736. The van der Waals surface area contributed by atoms with Crippen LogP contribution in [0.15, 0.2) is 47.0 Å². The maximum atomic E-state index is 12.8. The zero-order chi connectivity index (χ0) is 20.4. The molecule has 0 N–H and O–H groups in total. The monoisotopic (exact) mass is 391 g/mol. The first-order valence-corrected chi connectivity index (χ1v) is 9.93. The molecule has 1 aliphatic heterocycles. The topological polar surface area (TPSA) is 75.4 Å². The fourth-order valence-electron chi connectivity index (χ4n) is 3.41. The highest BCUT2D eigenvalue weighted by Gasteiger charge is 2.26.